The summed E-state index contributed by atoms with van der Waals surface area (Å²) in [6.45, 7) is 1.47. The first-order chi connectivity index (χ1) is 18.5. The van der Waals surface area contributed by atoms with E-state index in [9.17, 15) is 43.7 Å². The molecule has 40 heavy (non-hydrogen) atoms. The van der Waals surface area contributed by atoms with E-state index in [1.807, 2.05) is 0 Å². The molecule has 0 aliphatic heterocycles. The molecule has 0 aromatic heterocycles. The van der Waals surface area contributed by atoms with E-state index >= 15 is 0 Å². The van der Waals surface area contributed by atoms with Crippen LogP contribution in [0.25, 0.3) is 32.7 Å². The third kappa shape index (κ3) is 5.05. The first kappa shape index (κ1) is 30.1. The van der Waals surface area contributed by atoms with Gasteiger partial charge in [0.15, 0.2) is 11.1 Å². The molecule has 0 bridgehead atoms. The molecule has 1 unspecified atom stereocenters. The van der Waals surface area contributed by atoms with Crippen molar-refractivity contribution in [2.45, 2.75) is 35.9 Å². The van der Waals surface area contributed by atoms with E-state index in [0.29, 0.717) is 15.2 Å². The van der Waals surface area contributed by atoms with Crippen LogP contribution >= 0.6 is 15.9 Å². The van der Waals surface area contributed by atoms with Crippen LogP contribution in [0, 0.1) is 0 Å². The Morgan fingerprint density at radius 2 is 1.38 bits per heavy atom. The van der Waals surface area contributed by atoms with Gasteiger partial charge in [0.05, 0.1) is 11.5 Å². The molecule has 0 fully saturated rings. The highest BCUT2D eigenvalue weighted by Crippen LogP contribution is 2.54. The molecule has 0 N–H and O–H groups in total. The molecule has 1 atom stereocenters. The highest BCUT2D eigenvalue weighted by molar-refractivity contribution is 9.10. The summed E-state index contributed by atoms with van der Waals surface area (Å²) < 4.78 is 146. The van der Waals surface area contributed by atoms with Crippen LogP contribution in [0.3, 0.4) is 0 Å². The number of alkyl halides is 9. The van der Waals surface area contributed by atoms with Gasteiger partial charge in [-0.15, -0.1) is 0 Å². The van der Waals surface area contributed by atoms with Crippen molar-refractivity contribution in [2.24, 2.45) is 0 Å². The zero-order chi connectivity index (χ0) is 29.7. The minimum Gasteiger partial charge on any atom is -0.427 e. The van der Waals surface area contributed by atoms with Gasteiger partial charge >= 0.3 is 24.1 Å². The maximum absolute atomic E-state index is 14.7. The molecule has 0 saturated heterocycles. The van der Waals surface area contributed by atoms with Crippen LogP contribution in [-0.2, 0) is 15.3 Å². The van der Waals surface area contributed by atoms with Crippen LogP contribution in [0.2, 0.25) is 0 Å². The second kappa shape index (κ2) is 10.5. The highest BCUT2D eigenvalue weighted by atomic mass is 79.9. The lowest BCUT2D eigenvalue weighted by molar-refractivity contribution is -0.428. The van der Waals surface area contributed by atoms with E-state index in [2.05, 4.69) is 20.7 Å². The zero-order valence-corrected chi connectivity index (χ0v) is 22.4. The Bertz CT molecular complexity index is 1610. The van der Waals surface area contributed by atoms with Crippen LogP contribution in [0.1, 0.15) is 6.92 Å². The molecule has 4 aromatic carbocycles. The minimum atomic E-state index is -7.15. The first-order valence-electron chi connectivity index (χ1n) is 11.2. The fourth-order valence-electron chi connectivity index (χ4n) is 4.01. The number of benzene rings is 4. The van der Waals surface area contributed by atoms with E-state index in [1.54, 1.807) is 12.1 Å². The monoisotopic (exact) mass is 658 g/mol. The van der Waals surface area contributed by atoms with Gasteiger partial charge in [-0.3, -0.25) is 4.18 Å². The topological polar surface area (TPSA) is 35.5 Å². The Balaban J connectivity index is 2.07. The van der Waals surface area contributed by atoms with Crippen molar-refractivity contribution in [1.29, 1.82) is 0 Å². The Labute approximate surface area is 231 Å². The Morgan fingerprint density at radius 1 is 0.750 bits per heavy atom. The summed E-state index contributed by atoms with van der Waals surface area (Å²) in [5.74, 6) is -15.3. The van der Waals surface area contributed by atoms with Gasteiger partial charge < -0.3 is 4.74 Å². The molecule has 14 heteroatoms. The van der Waals surface area contributed by atoms with Crippen LogP contribution in [-0.4, -0.2) is 34.9 Å². The van der Waals surface area contributed by atoms with Gasteiger partial charge in [0, 0.05) is 15.6 Å². The Morgan fingerprint density at radius 3 is 2.02 bits per heavy atom. The fraction of sp³-hybridized carbons (Fsp3) is 0.231. The third-order valence-corrected chi connectivity index (χ3v) is 7.49. The van der Waals surface area contributed by atoms with E-state index < -0.39 is 46.5 Å². The quantitative estimate of drug-likeness (QED) is 0.177. The van der Waals surface area contributed by atoms with Crippen LogP contribution < -0.4 is 4.74 Å². The number of halogens is 10. The van der Waals surface area contributed by atoms with E-state index in [0.717, 1.165) is 12.1 Å². The van der Waals surface area contributed by atoms with Gasteiger partial charge in [-0.1, -0.05) is 58.4 Å². The summed E-state index contributed by atoms with van der Waals surface area (Å²) in [5, 5.41) is 1.08. The number of hydrogen-bond acceptors (Lipinski definition) is 3. The zero-order valence-electron chi connectivity index (χ0n) is 20.0. The normalized spacial score (nSPS) is 14.1. The molecular weight excluding hydrogens is 643 g/mol. The molecule has 0 aliphatic carbocycles. The average Bonchev–Trinajstić information content (AvgIpc) is 2.87. The van der Waals surface area contributed by atoms with Crippen molar-refractivity contribution >= 4 is 48.6 Å². The van der Waals surface area contributed by atoms with Crippen LogP contribution in [0.5, 0.6) is 5.75 Å². The summed E-state index contributed by atoms with van der Waals surface area (Å²) in [5.41, 5.74) is -0.509. The second-order valence-electron chi connectivity index (χ2n) is 8.37. The fourth-order valence-corrected chi connectivity index (χ4v) is 5.28. The SMILES string of the molecule is CCOS(=O)c1ccc2ccccc2c1-c1c(OC(F)(F)C(F)(F)C(F)(F)C(F)(F)F)ccc2cc(Br)ccc12. The lowest BCUT2D eigenvalue weighted by Gasteiger charge is -2.33. The number of ether oxygens (including phenoxy) is 1. The molecule has 0 aliphatic rings. The summed E-state index contributed by atoms with van der Waals surface area (Å²) in [6.07, 6.45) is -13.4. The van der Waals surface area contributed by atoms with Gasteiger partial charge in [0.25, 0.3) is 0 Å². The lowest BCUT2D eigenvalue weighted by atomic mass is 9.93. The van der Waals surface area contributed by atoms with Crippen molar-refractivity contribution < 1.29 is 52.6 Å². The predicted octanol–water partition coefficient (Wildman–Crippen LogP) is 9.29. The highest BCUT2D eigenvalue weighted by Gasteiger charge is 2.83. The van der Waals surface area contributed by atoms with Crippen molar-refractivity contribution in [1.82, 2.24) is 0 Å². The molecule has 0 radical (unpaired) electrons. The lowest BCUT2D eigenvalue weighted by Crippen LogP contribution is -2.62. The number of hydrogen-bond donors (Lipinski definition) is 0. The summed E-state index contributed by atoms with van der Waals surface area (Å²) in [6, 6.07) is 15.3. The smallest absolute Gasteiger partial charge is 0.427 e. The number of rotatable bonds is 8. The molecule has 0 saturated carbocycles. The largest absolute Gasteiger partial charge is 0.471 e. The summed E-state index contributed by atoms with van der Waals surface area (Å²) in [7, 11) is 0. The van der Waals surface area contributed by atoms with Crippen LogP contribution in [0.4, 0.5) is 39.5 Å². The number of fused-ring (bicyclic) bond motifs is 2. The van der Waals surface area contributed by atoms with Crippen molar-refractivity contribution in [3.05, 3.63) is 71.2 Å². The third-order valence-electron chi connectivity index (χ3n) is 5.84. The molecular formula is C26H16BrF9O3S. The standard InChI is InChI=1S/C26H16BrF9O3S/c1-2-38-40(37)20-12-8-14-5-3-4-6-17(14)22(20)21-18-10-9-16(27)13-15(18)7-11-19(21)39-26(35,36)24(30,31)23(28,29)25(32,33)34/h3-13H,2H2,1H3. The van der Waals surface area contributed by atoms with E-state index in [-0.39, 0.29) is 27.8 Å². The second-order valence-corrected chi connectivity index (χ2v) is 10.4. The van der Waals surface area contributed by atoms with E-state index in [1.165, 1.54) is 49.4 Å². The first-order valence-corrected chi connectivity index (χ1v) is 13.1. The van der Waals surface area contributed by atoms with Crippen molar-refractivity contribution in [3.63, 3.8) is 0 Å². The molecule has 214 valence electrons. The Kier molecular flexibility index (Phi) is 7.93. The predicted molar refractivity (Wildman–Crippen MR) is 134 cm³/mol. The molecule has 3 nitrogen and oxygen atoms in total. The van der Waals surface area contributed by atoms with Gasteiger partial charge in [-0.2, -0.15) is 39.5 Å². The van der Waals surface area contributed by atoms with Crippen LogP contribution in [0.15, 0.2) is 76.1 Å². The van der Waals surface area contributed by atoms with Crippen molar-refractivity contribution in [3.8, 4) is 16.9 Å². The van der Waals surface area contributed by atoms with Gasteiger partial charge in [0.2, 0.25) is 0 Å². The van der Waals surface area contributed by atoms with E-state index in [4.69, 9.17) is 4.18 Å². The molecule has 4 aromatic rings. The average molecular weight is 659 g/mol. The molecule has 0 amide bonds. The van der Waals surface area contributed by atoms with Gasteiger partial charge in [-0.25, -0.2) is 4.21 Å². The molecule has 4 rings (SSSR count). The Hall–Kier alpha value is -2.84. The van der Waals surface area contributed by atoms with Crippen molar-refractivity contribution in [2.75, 3.05) is 6.61 Å². The minimum absolute atomic E-state index is 0.0495. The maximum Gasteiger partial charge on any atom is 0.471 e. The maximum atomic E-state index is 14.7. The molecule has 0 heterocycles. The van der Waals surface area contributed by atoms with Gasteiger partial charge in [0.1, 0.15) is 5.75 Å². The van der Waals surface area contributed by atoms with Gasteiger partial charge in [-0.05, 0) is 52.7 Å². The summed E-state index contributed by atoms with van der Waals surface area (Å²) >= 11 is 0.994. The summed E-state index contributed by atoms with van der Waals surface area (Å²) in [4.78, 5) is -0.114. The molecule has 0 spiro atoms.